The number of nitrogens with one attached hydrogen (secondary N) is 1. The van der Waals surface area contributed by atoms with Crippen molar-refractivity contribution in [3.8, 4) is 28.8 Å². The minimum Gasteiger partial charge on any atom is -0.487 e. The second-order valence-electron chi connectivity index (χ2n) is 9.18. The van der Waals surface area contributed by atoms with Gasteiger partial charge in [0.1, 0.15) is 12.4 Å². The number of hydrogen-bond donors (Lipinski definition) is 1. The molecule has 0 aliphatic carbocycles. The Labute approximate surface area is 260 Å². The summed E-state index contributed by atoms with van der Waals surface area (Å²) >= 11 is 5.76. The predicted molar refractivity (Wildman–Crippen MR) is 173 cm³/mol. The van der Waals surface area contributed by atoms with E-state index >= 15 is 0 Å². The molecule has 41 heavy (non-hydrogen) atoms. The Balaban J connectivity index is 1.24. The second-order valence-corrected chi connectivity index (χ2v) is 11.2. The molecular weight excluding hydrogens is 691 g/mol. The molecule has 8 heteroatoms. The Morgan fingerprint density at radius 1 is 1.02 bits per heavy atom. The third-order valence-electron chi connectivity index (χ3n) is 6.44. The summed E-state index contributed by atoms with van der Waals surface area (Å²) in [4.78, 5) is 12.8. The van der Waals surface area contributed by atoms with Gasteiger partial charge in [-0.05, 0) is 111 Å². The van der Waals surface area contributed by atoms with Gasteiger partial charge in [0.2, 0.25) is 0 Å². The van der Waals surface area contributed by atoms with Crippen LogP contribution in [0.3, 0.4) is 0 Å². The zero-order valence-corrected chi connectivity index (χ0v) is 25.8. The van der Waals surface area contributed by atoms with Crippen LogP contribution < -0.4 is 10.2 Å². The first-order valence-electron chi connectivity index (χ1n) is 12.7. The van der Waals surface area contributed by atoms with E-state index in [-0.39, 0.29) is 12.5 Å². The van der Waals surface area contributed by atoms with E-state index in [0.717, 1.165) is 41.8 Å². The number of aryl methyl sites for hydroxylation is 1. The van der Waals surface area contributed by atoms with Gasteiger partial charge in [0, 0.05) is 22.5 Å². The highest BCUT2D eigenvalue weighted by Crippen LogP contribution is 2.32. The number of aromatic nitrogens is 1. The molecule has 0 unspecified atom stereocenters. The molecule has 0 radical (unpaired) electrons. The summed E-state index contributed by atoms with van der Waals surface area (Å²) < 4.78 is 9.79. The van der Waals surface area contributed by atoms with Gasteiger partial charge in [-0.2, -0.15) is 10.4 Å². The van der Waals surface area contributed by atoms with E-state index in [9.17, 15) is 10.1 Å². The molecule has 202 valence electrons. The number of benzene rings is 4. The smallest absolute Gasteiger partial charge is 0.271 e. The molecule has 0 spiro atoms. The van der Waals surface area contributed by atoms with Crippen LogP contribution in [0.2, 0.25) is 0 Å². The quantitative estimate of drug-likeness (QED) is 0.100. The van der Waals surface area contributed by atoms with Crippen molar-refractivity contribution in [2.45, 2.75) is 13.5 Å². The normalized spacial score (nSPS) is 10.9. The maximum atomic E-state index is 12.8. The lowest BCUT2D eigenvalue weighted by Gasteiger charge is -2.13. The Hall–Kier alpha value is -4.20. The summed E-state index contributed by atoms with van der Waals surface area (Å²) in [5, 5.41) is 13.5. The SMILES string of the molecule is Cc1ccc(-c2ccccc2)n1-c1ccc(C(=O)N/N=C/c2cc(Br)c(OCc3ccccc3C#N)c(I)c2)cc1. The van der Waals surface area contributed by atoms with Crippen molar-refractivity contribution in [1.82, 2.24) is 9.99 Å². The highest BCUT2D eigenvalue weighted by molar-refractivity contribution is 14.1. The molecule has 5 aromatic rings. The molecule has 0 aliphatic heterocycles. The largest absolute Gasteiger partial charge is 0.487 e. The number of halogens is 2. The van der Waals surface area contributed by atoms with Crippen molar-refractivity contribution >= 4 is 50.6 Å². The molecule has 0 saturated carbocycles. The molecule has 0 fully saturated rings. The molecule has 4 aromatic carbocycles. The maximum Gasteiger partial charge on any atom is 0.271 e. The van der Waals surface area contributed by atoms with Crippen LogP contribution in [0.1, 0.15) is 32.7 Å². The number of carbonyl (C=O) groups is 1. The van der Waals surface area contributed by atoms with Crippen molar-refractivity contribution in [1.29, 1.82) is 5.26 Å². The van der Waals surface area contributed by atoms with E-state index in [1.165, 1.54) is 0 Å². The van der Waals surface area contributed by atoms with Crippen molar-refractivity contribution in [2.75, 3.05) is 0 Å². The van der Waals surface area contributed by atoms with E-state index in [2.05, 4.69) is 90.9 Å². The van der Waals surface area contributed by atoms with Crippen molar-refractivity contribution < 1.29 is 9.53 Å². The summed E-state index contributed by atoms with van der Waals surface area (Å²) in [6.45, 7) is 2.34. The van der Waals surface area contributed by atoms with Crippen LogP contribution in [0.15, 0.2) is 113 Å². The fourth-order valence-corrected chi connectivity index (χ4v) is 6.17. The molecule has 6 nitrogen and oxygen atoms in total. The molecule has 1 heterocycles. The van der Waals surface area contributed by atoms with Crippen molar-refractivity contribution in [3.05, 3.63) is 139 Å². The molecule has 0 aliphatic rings. The number of amides is 1. The van der Waals surface area contributed by atoms with Gasteiger partial charge in [0.05, 0.1) is 31.6 Å². The summed E-state index contributed by atoms with van der Waals surface area (Å²) in [5.74, 6) is 0.373. The second kappa shape index (κ2) is 13.0. The van der Waals surface area contributed by atoms with Crippen LogP contribution >= 0.6 is 38.5 Å². The van der Waals surface area contributed by atoms with E-state index < -0.39 is 0 Å². The predicted octanol–water partition coefficient (Wildman–Crippen LogP) is 8.03. The lowest BCUT2D eigenvalue weighted by atomic mass is 10.1. The van der Waals surface area contributed by atoms with E-state index in [1.54, 1.807) is 24.4 Å². The van der Waals surface area contributed by atoms with Gasteiger partial charge in [-0.25, -0.2) is 5.43 Å². The fourth-order valence-electron chi connectivity index (χ4n) is 4.40. The summed E-state index contributed by atoms with van der Waals surface area (Å²) in [6, 6.07) is 35.2. The summed E-state index contributed by atoms with van der Waals surface area (Å²) in [6.07, 6.45) is 1.59. The Morgan fingerprint density at radius 2 is 1.76 bits per heavy atom. The van der Waals surface area contributed by atoms with Gasteiger partial charge < -0.3 is 9.30 Å². The standard InChI is InChI=1S/C33H24BrIN4O2/c1-22-11-16-31(24-7-3-2-4-8-24)39(22)28-14-12-25(13-15-28)33(40)38-37-20-23-17-29(34)32(30(35)18-23)41-21-27-10-6-5-9-26(27)19-36/h2-18,20H,21H2,1H3,(H,38,40)/b37-20+. The van der Waals surface area contributed by atoms with Crippen LogP contribution in [0, 0.1) is 21.8 Å². The number of hydrazone groups is 1. The molecule has 1 amide bonds. The number of ether oxygens (including phenoxy) is 1. The lowest BCUT2D eigenvalue weighted by molar-refractivity contribution is 0.0955. The van der Waals surface area contributed by atoms with Crippen LogP contribution in [0.5, 0.6) is 5.75 Å². The third-order valence-corrected chi connectivity index (χ3v) is 7.83. The zero-order chi connectivity index (χ0) is 28.8. The number of hydrogen-bond acceptors (Lipinski definition) is 4. The molecule has 0 atom stereocenters. The van der Waals surface area contributed by atoms with Gasteiger partial charge in [0.25, 0.3) is 5.91 Å². The highest BCUT2D eigenvalue weighted by atomic mass is 127. The molecule has 0 saturated heterocycles. The van der Waals surface area contributed by atoms with Crippen molar-refractivity contribution in [3.63, 3.8) is 0 Å². The summed E-state index contributed by atoms with van der Waals surface area (Å²) in [7, 11) is 0. The van der Waals surface area contributed by atoms with Crippen LogP contribution in [0.25, 0.3) is 16.9 Å². The van der Waals surface area contributed by atoms with Gasteiger partial charge in [-0.15, -0.1) is 0 Å². The number of nitriles is 1. The van der Waals surface area contributed by atoms with Crippen molar-refractivity contribution in [2.24, 2.45) is 5.10 Å². The van der Waals surface area contributed by atoms with E-state index in [1.807, 2.05) is 60.7 Å². The third kappa shape index (κ3) is 6.59. The lowest BCUT2D eigenvalue weighted by Crippen LogP contribution is -2.17. The van der Waals surface area contributed by atoms with E-state index in [0.29, 0.717) is 16.9 Å². The zero-order valence-electron chi connectivity index (χ0n) is 22.0. The first-order chi connectivity index (χ1) is 19.9. The van der Waals surface area contributed by atoms with Gasteiger partial charge in [-0.1, -0.05) is 48.5 Å². The highest BCUT2D eigenvalue weighted by Gasteiger charge is 2.12. The first kappa shape index (κ1) is 28.3. The minimum absolute atomic E-state index is 0.276. The number of rotatable bonds is 8. The average molecular weight is 715 g/mol. The molecular formula is C33H24BrIN4O2. The molecule has 1 aromatic heterocycles. The van der Waals surface area contributed by atoms with Crippen LogP contribution in [-0.4, -0.2) is 16.7 Å². The number of nitrogens with zero attached hydrogens (tertiary/aromatic N) is 3. The Morgan fingerprint density at radius 3 is 2.49 bits per heavy atom. The number of carbonyl (C=O) groups excluding carboxylic acids is 1. The maximum absolute atomic E-state index is 12.8. The van der Waals surface area contributed by atoms with Gasteiger partial charge >= 0.3 is 0 Å². The molecule has 1 N–H and O–H groups in total. The topological polar surface area (TPSA) is 79.4 Å². The molecule has 5 rings (SSSR count). The monoisotopic (exact) mass is 714 g/mol. The van der Waals surface area contributed by atoms with E-state index in [4.69, 9.17) is 4.74 Å². The van der Waals surface area contributed by atoms with Gasteiger partial charge in [0.15, 0.2) is 0 Å². The van der Waals surface area contributed by atoms with Crippen LogP contribution in [-0.2, 0) is 6.61 Å². The van der Waals surface area contributed by atoms with Gasteiger partial charge in [-0.3, -0.25) is 4.79 Å². The minimum atomic E-state index is -0.301. The molecule has 0 bridgehead atoms. The van der Waals surface area contributed by atoms with Crippen LogP contribution in [0.4, 0.5) is 0 Å². The fraction of sp³-hybridized carbons (Fsp3) is 0.0606. The average Bonchev–Trinajstić information content (AvgIpc) is 3.38. The first-order valence-corrected chi connectivity index (χ1v) is 14.6. The summed E-state index contributed by atoms with van der Waals surface area (Å²) in [5.41, 5.74) is 9.61. The Kier molecular flexibility index (Phi) is 8.97. The Bertz CT molecular complexity index is 1750.